The van der Waals surface area contributed by atoms with E-state index in [2.05, 4.69) is 20.8 Å². The van der Waals surface area contributed by atoms with Crippen molar-refractivity contribution in [2.75, 3.05) is 13.2 Å². The number of fused-ring (bicyclic) bond motifs is 5. The molecule has 3 unspecified atom stereocenters. The molecule has 0 bridgehead atoms. The molecule has 4 saturated carbocycles. The first-order valence-electron chi connectivity index (χ1n) is 15.7. The summed E-state index contributed by atoms with van der Waals surface area (Å²) in [4.78, 5) is 24.9. The van der Waals surface area contributed by atoms with Gasteiger partial charge in [-0.15, -0.1) is 0 Å². The fourth-order valence-corrected chi connectivity index (χ4v) is 10.3. The van der Waals surface area contributed by atoms with E-state index in [9.17, 15) is 9.59 Å². The standard InChI is InChI=1S/C33H46O5/c1-22(8-7-17-34)25-11-12-26-29-27(13-14-32(25,26)3)31(2)15-16-33(36-18-19-37-33)21-24(31)20-28(29)38-30(35)23-9-5-4-6-10-23/h4-6,9-10,17,22,24-29H,7-8,11-16,18-21H2,1-3H3/t22-,24+,25-,26?,27?,28-,29?,31+,32-/m1/s1/i17D. The molecule has 1 saturated heterocycles. The van der Waals surface area contributed by atoms with E-state index >= 15 is 0 Å². The van der Waals surface area contributed by atoms with Gasteiger partial charge in [0.05, 0.1) is 18.8 Å². The summed E-state index contributed by atoms with van der Waals surface area (Å²) < 4.78 is 26.3. The van der Waals surface area contributed by atoms with Crippen molar-refractivity contribution in [2.45, 2.75) is 96.9 Å². The molecule has 0 radical (unpaired) electrons. The zero-order chi connectivity index (χ0) is 27.4. The van der Waals surface area contributed by atoms with Gasteiger partial charge in [0.15, 0.2) is 5.79 Å². The van der Waals surface area contributed by atoms with Gasteiger partial charge in [0.25, 0.3) is 0 Å². The molecule has 0 amide bonds. The lowest BCUT2D eigenvalue weighted by Crippen LogP contribution is -2.60. The first-order valence-corrected chi connectivity index (χ1v) is 15.2. The molecular weight excluding hydrogens is 476 g/mol. The zero-order valence-electron chi connectivity index (χ0n) is 24.5. The van der Waals surface area contributed by atoms with Crippen LogP contribution in [0.2, 0.25) is 0 Å². The molecule has 5 heteroatoms. The Bertz CT molecular complexity index is 1070. The van der Waals surface area contributed by atoms with Crippen molar-refractivity contribution >= 4 is 12.2 Å². The van der Waals surface area contributed by atoms with Crippen molar-refractivity contribution in [3.63, 3.8) is 0 Å². The molecule has 5 aliphatic rings. The van der Waals surface area contributed by atoms with Crippen molar-refractivity contribution in [1.29, 1.82) is 0 Å². The van der Waals surface area contributed by atoms with Crippen LogP contribution in [0, 0.1) is 46.3 Å². The molecule has 0 N–H and O–H groups in total. The third kappa shape index (κ3) is 4.27. The Morgan fingerprint density at radius 3 is 2.55 bits per heavy atom. The summed E-state index contributed by atoms with van der Waals surface area (Å²) in [6.45, 7) is 8.65. The van der Waals surface area contributed by atoms with E-state index in [1.54, 1.807) is 0 Å². The SMILES string of the molecule is [2H]C(=O)CC[C@@H](C)[C@H]1CCC2C3C(CC[C@@]21C)[C@@]1(C)CCC2(C[C@@H]1C[C@H]3OC(=O)c1ccccc1)OCCO2. The molecule has 5 fully saturated rings. The summed E-state index contributed by atoms with van der Waals surface area (Å²) in [5, 5.41) is 0. The number of rotatable bonds is 6. The maximum atomic E-state index is 13.4. The average molecular weight is 524 g/mol. The maximum Gasteiger partial charge on any atom is 0.338 e. The van der Waals surface area contributed by atoms with Crippen LogP contribution in [0.25, 0.3) is 0 Å². The van der Waals surface area contributed by atoms with Gasteiger partial charge in [-0.3, -0.25) is 0 Å². The number of aldehydes is 1. The van der Waals surface area contributed by atoms with Gasteiger partial charge >= 0.3 is 5.97 Å². The molecule has 208 valence electrons. The van der Waals surface area contributed by atoms with Crippen LogP contribution in [0.3, 0.4) is 0 Å². The molecule has 1 aromatic rings. The predicted octanol–water partition coefficient (Wildman–Crippen LogP) is 6.84. The van der Waals surface area contributed by atoms with Gasteiger partial charge in [-0.1, -0.05) is 39.0 Å². The van der Waals surface area contributed by atoms with Crippen molar-refractivity contribution in [3.8, 4) is 0 Å². The van der Waals surface area contributed by atoms with E-state index in [4.69, 9.17) is 15.6 Å². The normalized spacial score (nSPS) is 42.4. The lowest BCUT2D eigenvalue weighted by Gasteiger charge is -2.63. The summed E-state index contributed by atoms with van der Waals surface area (Å²) in [6, 6.07) is 9.45. The molecule has 1 aromatic carbocycles. The van der Waals surface area contributed by atoms with E-state index in [0.717, 1.165) is 38.5 Å². The number of hydrogen-bond donors (Lipinski definition) is 0. The Morgan fingerprint density at radius 2 is 1.82 bits per heavy atom. The van der Waals surface area contributed by atoms with Crippen molar-refractivity contribution in [1.82, 2.24) is 0 Å². The van der Waals surface area contributed by atoms with Crippen LogP contribution in [0.15, 0.2) is 30.3 Å². The second-order valence-electron chi connectivity index (χ2n) is 13.7. The van der Waals surface area contributed by atoms with Crippen LogP contribution in [-0.2, 0) is 19.0 Å². The summed E-state index contributed by atoms with van der Waals surface area (Å²) in [6.07, 6.45) is 9.14. The summed E-state index contributed by atoms with van der Waals surface area (Å²) in [5.74, 6) is 2.11. The minimum Gasteiger partial charge on any atom is -0.458 e. The van der Waals surface area contributed by atoms with Gasteiger partial charge in [0, 0.05) is 25.2 Å². The van der Waals surface area contributed by atoms with Gasteiger partial charge in [-0.2, -0.15) is 0 Å². The van der Waals surface area contributed by atoms with E-state index in [1.165, 1.54) is 19.3 Å². The highest BCUT2D eigenvalue weighted by Crippen LogP contribution is 2.69. The van der Waals surface area contributed by atoms with Crippen LogP contribution in [0.5, 0.6) is 0 Å². The van der Waals surface area contributed by atoms with E-state index in [-0.39, 0.29) is 22.9 Å². The van der Waals surface area contributed by atoms with Gasteiger partial charge in [0.1, 0.15) is 13.7 Å². The number of hydrogen-bond acceptors (Lipinski definition) is 5. The van der Waals surface area contributed by atoms with Crippen LogP contribution in [-0.4, -0.2) is 37.3 Å². The van der Waals surface area contributed by atoms with Gasteiger partial charge in [-0.05, 0) is 97.5 Å². The smallest absolute Gasteiger partial charge is 0.338 e. The fourth-order valence-electron chi connectivity index (χ4n) is 10.3. The Hall–Kier alpha value is -1.72. The first-order chi connectivity index (χ1) is 18.7. The van der Waals surface area contributed by atoms with Crippen molar-refractivity contribution in [3.05, 3.63) is 35.9 Å². The average Bonchev–Trinajstić information content (AvgIpc) is 3.52. The zero-order valence-corrected chi connectivity index (χ0v) is 23.5. The summed E-state index contributed by atoms with van der Waals surface area (Å²) in [7, 11) is 0. The van der Waals surface area contributed by atoms with E-state index in [1.807, 2.05) is 30.3 Å². The molecule has 1 spiro atoms. The van der Waals surface area contributed by atoms with Crippen LogP contribution in [0.1, 0.15) is 96.7 Å². The quantitative estimate of drug-likeness (QED) is 0.302. The highest BCUT2D eigenvalue weighted by atomic mass is 16.7. The minimum atomic E-state index is -0.449. The van der Waals surface area contributed by atoms with Crippen LogP contribution >= 0.6 is 0 Å². The van der Waals surface area contributed by atoms with Gasteiger partial charge in [-0.25, -0.2) is 4.79 Å². The number of ether oxygens (including phenoxy) is 3. The minimum absolute atomic E-state index is 0.106. The highest BCUT2D eigenvalue weighted by molar-refractivity contribution is 5.89. The Morgan fingerprint density at radius 1 is 1.08 bits per heavy atom. The Balaban J connectivity index is 1.31. The summed E-state index contributed by atoms with van der Waals surface area (Å²) >= 11 is 0. The highest BCUT2D eigenvalue weighted by Gasteiger charge is 2.65. The lowest BCUT2D eigenvalue weighted by atomic mass is 9.43. The summed E-state index contributed by atoms with van der Waals surface area (Å²) in [5.41, 5.74) is 1.00. The van der Waals surface area contributed by atoms with Crippen LogP contribution < -0.4 is 0 Å². The Kier molecular flexibility index (Phi) is 6.67. The third-order valence-electron chi connectivity index (χ3n) is 12.2. The maximum absolute atomic E-state index is 13.4. The van der Waals surface area contributed by atoms with Crippen molar-refractivity contribution < 1.29 is 25.2 Å². The monoisotopic (exact) mass is 523 g/mol. The molecule has 1 heterocycles. The second-order valence-corrected chi connectivity index (χ2v) is 13.7. The molecule has 4 aliphatic carbocycles. The molecule has 38 heavy (non-hydrogen) atoms. The van der Waals surface area contributed by atoms with Crippen LogP contribution in [0.4, 0.5) is 0 Å². The molecule has 1 aliphatic heterocycles. The lowest BCUT2D eigenvalue weighted by molar-refractivity contribution is -0.242. The molecule has 6 rings (SSSR count). The molecular formula is C33H46O5. The topological polar surface area (TPSA) is 61.8 Å². The predicted molar refractivity (Wildman–Crippen MR) is 145 cm³/mol. The van der Waals surface area contributed by atoms with E-state index in [0.29, 0.717) is 60.7 Å². The number of esters is 1. The first kappa shape index (κ1) is 25.3. The van der Waals surface area contributed by atoms with Gasteiger partial charge in [0.2, 0.25) is 0 Å². The molecule has 5 nitrogen and oxygen atoms in total. The Labute approximate surface area is 229 Å². The number of carbonyl (C=O) groups is 2. The molecule has 9 atom stereocenters. The number of carbonyl (C=O) groups excluding carboxylic acids is 2. The van der Waals surface area contributed by atoms with Gasteiger partial charge < -0.3 is 19.0 Å². The second kappa shape index (κ2) is 10.0. The fraction of sp³-hybridized carbons (Fsp3) is 0.758. The van der Waals surface area contributed by atoms with E-state index < -0.39 is 12.0 Å². The number of benzene rings is 1. The largest absolute Gasteiger partial charge is 0.458 e. The van der Waals surface area contributed by atoms with Crippen molar-refractivity contribution in [2.24, 2.45) is 46.3 Å². The molecule has 0 aromatic heterocycles. The third-order valence-corrected chi connectivity index (χ3v) is 12.2.